The molecule has 0 aromatic carbocycles. The van der Waals surface area contributed by atoms with Crippen LogP contribution in [0.3, 0.4) is 0 Å². The molecule has 0 unspecified atom stereocenters. The van der Waals surface area contributed by atoms with Crippen LogP contribution in [0.2, 0.25) is 0 Å². The van der Waals surface area contributed by atoms with Crippen LogP contribution in [0.5, 0.6) is 0 Å². The van der Waals surface area contributed by atoms with E-state index in [1.54, 1.807) is 6.08 Å². The van der Waals surface area contributed by atoms with Crippen molar-refractivity contribution in [1.29, 1.82) is 0 Å². The fourth-order valence-electron chi connectivity index (χ4n) is 0.870. The second-order valence-corrected chi connectivity index (χ2v) is 4.32. The van der Waals surface area contributed by atoms with E-state index in [-0.39, 0.29) is 0 Å². The molecule has 1 N–H and O–H groups in total. The van der Waals surface area contributed by atoms with Gasteiger partial charge in [0.25, 0.3) is 0 Å². The second kappa shape index (κ2) is 5.02. The Kier molecular flexibility index (Phi) is 4.72. The molecule has 12 heavy (non-hydrogen) atoms. The fourth-order valence-corrected chi connectivity index (χ4v) is 0.870. The van der Waals surface area contributed by atoms with Crippen LogP contribution < -0.4 is 5.32 Å². The monoisotopic (exact) mass is 167 g/mol. The third-order valence-corrected chi connectivity index (χ3v) is 1.65. The maximum absolute atomic E-state index is 3.64. The summed E-state index contributed by atoms with van der Waals surface area (Å²) in [6.45, 7) is 13.5. The lowest BCUT2D eigenvalue weighted by molar-refractivity contribution is 0.373. The molecule has 0 amide bonds. The number of nitrogens with one attached hydrogen (secondary N) is 1. The highest BCUT2D eigenvalue weighted by molar-refractivity contribution is 5.05. The molecule has 0 spiro atoms. The number of rotatable bonds is 4. The first-order chi connectivity index (χ1) is 5.45. The highest BCUT2D eigenvalue weighted by Gasteiger charge is 2.08. The van der Waals surface area contributed by atoms with Crippen molar-refractivity contribution in [2.75, 3.05) is 6.54 Å². The van der Waals surface area contributed by atoms with Crippen molar-refractivity contribution in [1.82, 2.24) is 5.32 Å². The van der Waals surface area contributed by atoms with E-state index in [2.05, 4.69) is 39.6 Å². The lowest BCUT2D eigenvalue weighted by atomic mass is 9.92. The molecule has 0 aliphatic heterocycles. The Morgan fingerprint density at radius 1 is 1.42 bits per heavy atom. The molecular weight excluding hydrogens is 146 g/mol. The molecule has 0 heterocycles. The largest absolute Gasteiger partial charge is 0.389 e. The van der Waals surface area contributed by atoms with Gasteiger partial charge in [-0.25, -0.2) is 0 Å². The summed E-state index contributed by atoms with van der Waals surface area (Å²) >= 11 is 0. The molecule has 0 aromatic rings. The lowest BCUT2D eigenvalue weighted by Crippen LogP contribution is -2.18. The van der Waals surface area contributed by atoms with E-state index in [0.29, 0.717) is 5.41 Å². The van der Waals surface area contributed by atoms with Crippen LogP contribution >= 0.6 is 0 Å². The van der Waals surface area contributed by atoms with Crippen molar-refractivity contribution >= 4 is 0 Å². The van der Waals surface area contributed by atoms with E-state index in [4.69, 9.17) is 0 Å². The summed E-state index contributed by atoms with van der Waals surface area (Å²) in [5.41, 5.74) is 1.61. The van der Waals surface area contributed by atoms with Gasteiger partial charge in [-0.2, -0.15) is 0 Å². The Bertz CT molecular complexity index is 160. The van der Waals surface area contributed by atoms with Gasteiger partial charge in [0.1, 0.15) is 0 Å². The molecule has 1 heteroatoms. The van der Waals surface area contributed by atoms with Gasteiger partial charge in [-0.05, 0) is 24.8 Å². The van der Waals surface area contributed by atoms with Gasteiger partial charge in [-0.15, -0.1) is 0 Å². The number of allylic oxidation sites excluding steroid dienone is 3. The highest BCUT2D eigenvalue weighted by atomic mass is 14.9. The Morgan fingerprint density at radius 3 is 2.42 bits per heavy atom. The maximum atomic E-state index is 3.64. The zero-order valence-electron chi connectivity index (χ0n) is 8.78. The van der Waals surface area contributed by atoms with Crippen molar-refractivity contribution in [3.63, 3.8) is 0 Å². The predicted molar refractivity (Wildman–Crippen MR) is 56.0 cm³/mol. The van der Waals surface area contributed by atoms with Crippen LogP contribution in [0.15, 0.2) is 24.4 Å². The lowest BCUT2D eigenvalue weighted by Gasteiger charge is -2.18. The first-order valence-corrected chi connectivity index (χ1v) is 4.49. The van der Waals surface area contributed by atoms with E-state index in [1.165, 1.54) is 12.1 Å². The highest BCUT2D eigenvalue weighted by Crippen LogP contribution is 2.17. The normalized spacial score (nSPS) is 12.8. The first-order valence-electron chi connectivity index (χ1n) is 4.49. The molecule has 0 saturated heterocycles. The summed E-state index contributed by atoms with van der Waals surface area (Å²) in [5, 5.41) is 3.33. The average molecular weight is 167 g/mol. The van der Waals surface area contributed by atoms with Crippen molar-refractivity contribution in [3.8, 4) is 0 Å². The summed E-state index contributed by atoms with van der Waals surface area (Å²) in [7, 11) is 0. The molecule has 0 saturated carbocycles. The molecular formula is C11H21N. The van der Waals surface area contributed by atoms with Crippen molar-refractivity contribution in [2.24, 2.45) is 5.41 Å². The average Bonchev–Trinajstić information content (AvgIpc) is 1.84. The predicted octanol–water partition coefficient (Wildman–Crippen LogP) is 3.10. The van der Waals surface area contributed by atoms with Crippen molar-refractivity contribution < 1.29 is 0 Å². The Hall–Kier alpha value is -0.720. The summed E-state index contributed by atoms with van der Waals surface area (Å²) in [4.78, 5) is 0. The minimum atomic E-state index is 0.418. The maximum Gasteiger partial charge on any atom is 0.0148 e. The minimum Gasteiger partial charge on any atom is -0.389 e. The van der Waals surface area contributed by atoms with Crippen LogP contribution in [0.1, 0.15) is 34.1 Å². The first kappa shape index (κ1) is 11.3. The second-order valence-electron chi connectivity index (χ2n) is 4.32. The molecule has 0 aliphatic rings. The zero-order valence-corrected chi connectivity index (χ0v) is 8.78. The van der Waals surface area contributed by atoms with Crippen molar-refractivity contribution in [3.05, 3.63) is 24.4 Å². The molecule has 0 fully saturated rings. The van der Waals surface area contributed by atoms with Gasteiger partial charge in [0.15, 0.2) is 0 Å². The Morgan fingerprint density at radius 2 is 2.00 bits per heavy atom. The van der Waals surface area contributed by atoms with E-state index in [0.717, 1.165) is 6.54 Å². The minimum absolute atomic E-state index is 0.418. The molecule has 0 radical (unpaired) electrons. The van der Waals surface area contributed by atoms with Crippen LogP contribution in [-0.2, 0) is 0 Å². The number of hydrogen-bond acceptors (Lipinski definition) is 1. The zero-order chi connectivity index (χ0) is 9.61. The Balaban J connectivity index is 3.57. The van der Waals surface area contributed by atoms with Gasteiger partial charge < -0.3 is 5.32 Å². The van der Waals surface area contributed by atoms with Gasteiger partial charge in [-0.1, -0.05) is 33.4 Å². The van der Waals surface area contributed by atoms with E-state index in [9.17, 15) is 0 Å². The van der Waals surface area contributed by atoms with Crippen LogP contribution in [-0.4, -0.2) is 6.54 Å². The topological polar surface area (TPSA) is 12.0 Å². The third kappa shape index (κ3) is 7.39. The Labute approximate surface area is 76.6 Å². The van der Waals surface area contributed by atoms with Gasteiger partial charge in [0.2, 0.25) is 0 Å². The molecule has 0 rings (SSSR count). The van der Waals surface area contributed by atoms with Gasteiger partial charge in [0.05, 0.1) is 0 Å². The standard InChI is InChI=1S/C11H21N/c1-6-7-10(2)12-9-8-11(3,4)5/h6-7,12H,1,8-9H2,2-5H3/b10-7-. The van der Waals surface area contributed by atoms with Crippen LogP contribution in [0.25, 0.3) is 0 Å². The molecule has 0 aliphatic carbocycles. The fraction of sp³-hybridized carbons (Fsp3) is 0.636. The summed E-state index contributed by atoms with van der Waals surface area (Å²) in [5.74, 6) is 0. The van der Waals surface area contributed by atoms with E-state index < -0.39 is 0 Å². The quantitative estimate of drug-likeness (QED) is 0.634. The smallest absolute Gasteiger partial charge is 0.0148 e. The van der Waals surface area contributed by atoms with Crippen molar-refractivity contribution in [2.45, 2.75) is 34.1 Å². The molecule has 0 aromatic heterocycles. The summed E-state index contributed by atoms with van der Waals surface area (Å²) in [6.07, 6.45) is 4.98. The third-order valence-electron chi connectivity index (χ3n) is 1.65. The summed E-state index contributed by atoms with van der Waals surface area (Å²) < 4.78 is 0. The van der Waals surface area contributed by atoms with Gasteiger partial charge in [0, 0.05) is 12.2 Å². The van der Waals surface area contributed by atoms with Crippen LogP contribution in [0, 0.1) is 5.41 Å². The molecule has 0 bridgehead atoms. The van der Waals surface area contributed by atoms with Gasteiger partial charge >= 0.3 is 0 Å². The molecule has 0 atom stereocenters. The molecule has 1 nitrogen and oxygen atoms in total. The number of hydrogen-bond donors (Lipinski definition) is 1. The SMILES string of the molecule is C=C/C=C(/C)NCCC(C)(C)C. The van der Waals surface area contributed by atoms with Crippen LogP contribution in [0.4, 0.5) is 0 Å². The van der Waals surface area contributed by atoms with Gasteiger partial charge in [-0.3, -0.25) is 0 Å². The summed E-state index contributed by atoms with van der Waals surface area (Å²) in [6, 6.07) is 0. The van der Waals surface area contributed by atoms with E-state index >= 15 is 0 Å². The molecule has 70 valence electrons. The van der Waals surface area contributed by atoms with E-state index in [1.807, 2.05) is 6.08 Å².